The van der Waals surface area contributed by atoms with Gasteiger partial charge in [-0.2, -0.15) is 0 Å². The summed E-state index contributed by atoms with van der Waals surface area (Å²) < 4.78 is 4.98. The molecule has 88 valence electrons. The number of hydrogen-bond acceptors (Lipinski definition) is 3. The van der Waals surface area contributed by atoms with Crippen molar-refractivity contribution in [1.29, 1.82) is 0 Å². The van der Waals surface area contributed by atoms with Crippen LogP contribution in [0.15, 0.2) is 12.1 Å². The molecule has 0 fully saturated rings. The van der Waals surface area contributed by atoms with Gasteiger partial charge in [0.05, 0.1) is 12.2 Å². The summed E-state index contributed by atoms with van der Waals surface area (Å²) in [5.41, 5.74) is 4.13. The number of benzene rings is 1. The highest BCUT2D eigenvalue weighted by Crippen LogP contribution is 2.17. The molecular weight excluding hydrogens is 202 g/mol. The Morgan fingerprint density at radius 1 is 1.31 bits per heavy atom. The minimum atomic E-state index is -0.246. The fourth-order valence-corrected chi connectivity index (χ4v) is 1.78. The monoisotopic (exact) mass is 221 g/mol. The van der Waals surface area contributed by atoms with E-state index in [9.17, 15) is 4.79 Å². The van der Waals surface area contributed by atoms with Crippen molar-refractivity contribution >= 4 is 5.97 Å². The molecule has 1 aromatic carbocycles. The van der Waals surface area contributed by atoms with Crippen molar-refractivity contribution in [3.05, 3.63) is 34.4 Å². The molecule has 0 aliphatic heterocycles. The van der Waals surface area contributed by atoms with E-state index in [0.717, 1.165) is 17.7 Å². The molecule has 1 aromatic rings. The molecule has 0 aliphatic rings. The number of ether oxygens (including phenoxy) is 1. The maximum Gasteiger partial charge on any atom is 0.338 e. The molecular formula is C13H19NO2. The Labute approximate surface area is 96.8 Å². The number of hydrogen-bond donors (Lipinski definition) is 1. The third-order valence-corrected chi connectivity index (χ3v) is 2.56. The SMILES string of the molecule is CCOC(=O)c1cc(C)c(CNC)c(C)c1. The number of nitrogens with one attached hydrogen (secondary N) is 1. The van der Waals surface area contributed by atoms with E-state index in [1.807, 2.05) is 40.0 Å². The van der Waals surface area contributed by atoms with E-state index in [-0.39, 0.29) is 5.97 Å². The Kier molecular flexibility index (Phi) is 4.50. The highest BCUT2D eigenvalue weighted by Gasteiger charge is 2.10. The molecule has 0 atom stereocenters. The first kappa shape index (κ1) is 12.7. The van der Waals surface area contributed by atoms with Crippen molar-refractivity contribution in [2.24, 2.45) is 0 Å². The van der Waals surface area contributed by atoms with Crippen molar-refractivity contribution in [3.63, 3.8) is 0 Å². The number of aryl methyl sites for hydroxylation is 2. The molecule has 0 saturated heterocycles. The summed E-state index contributed by atoms with van der Waals surface area (Å²) >= 11 is 0. The maximum atomic E-state index is 11.6. The molecule has 0 unspecified atom stereocenters. The summed E-state index contributed by atoms with van der Waals surface area (Å²) in [6.07, 6.45) is 0. The normalized spacial score (nSPS) is 10.2. The van der Waals surface area contributed by atoms with Crippen LogP contribution >= 0.6 is 0 Å². The van der Waals surface area contributed by atoms with Gasteiger partial charge in [-0.25, -0.2) is 4.79 Å². The van der Waals surface area contributed by atoms with Crippen LogP contribution in [-0.4, -0.2) is 19.6 Å². The predicted octanol–water partition coefficient (Wildman–Crippen LogP) is 2.20. The Morgan fingerprint density at radius 3 is 2.31 bits per heavy atom. The molecule has 3 nitrogen and oxygen atoms in total. The zero-order chi connectivity index (χ0) is 12.1. The lowest BCUT2D eigenvalue weighted by atomic mass is 9.99. The molecule has 16 heavy (non-hydrogen) atoms. The summed E-state index contributed by atoms with van der Waals surface area (Å²) in [6, 6.07) is 3.77. The molecule has 0 bridgehead atoms. The first-order valence-electron chi connectivity index (χ1n) is 5.52. The van der Waals surface area contributed by atoms with Crippen LogP contribution in [-0.2, 0) is 11.3 Å². The largest absolute Gasteiger partial charge is 0.462 e. The fourth-order valence-electron chi connectivity index (χ4n) is 1.78. The Hall–Kier alpha value is -1.35. The van der Waals surface area contributed by atoms with E-state index in [1.54, 1.807) is 0 Å². The third kappa shape index (κ3) is 2.83. The summed E-state index contributed by atoms with van der Waals surface area (Å²) in [6.45, 7) is 7.08. The van der Waals surface area contributed by atoms with Gasteiger partial charge in [-0.3, -0.25) is 0 Å². The Morgan fingerprint density at radius 2 is 1.88 bits per heavy atom. The predicted molar refractivity (Wildman–Crippen MR) is 64.6 cm³/mol. The second-order valence-corrected chi connectivity index (χ2v) is 3.84. The second-order valence-electron chi connectivity index (χ2n) is 3.84. The maximum absolute atomic E-state index is 11.6. The van der Waals surface area contributed by atoms with Crippen LogP contribution in [0.2, 0.25) is 0 Å². The van der Waals surface area contributed by atoms with Crippen molar-refractivity contribution in [2.45, 2.75) is 27.3 Å². The van der Waals surface area contributed by atoms with E-state index in [1.165, 1.54) is 5.56 Å². The summed E-state index contributed by atoms with van der Waals surface area (Å²) in [5, 5.41) is 3.12. The molecule has 3 heteroatoms. The van der Waals surface area contributed by atoms with Gasteiger partial charge in [-0.05, 0) is 56.6 Å². The molecule has 0 spiro atoms. The average molecular weight is 221 g/mol. The van der Waals surface area contributed by atoms with Crippen LogP contribution in [0.4, 0.5) is 0 Å². The topological polar surface area (TPSA) is 38.3 Å². The smallest absolute Gasteiger partial charge is 0.338 e. The second kappa shape index (κ2) is 5.66. The molecule has 1 N–H and O–H groups in total. The number of carbonyl (C=O) groups is 1. The van der Waals surface area contributed by atoms with E-state index < -0.39 is 0 Å². The Bertz CT molecular complexity index is 363. The molecule has 0 radical (unpaired) electrons. The summed E-state index contributed by atoms with van der Waals surface area (Å²) in [5.74, 6) is -0.246. The van der Waals surface area contributed by atoms with Gasteiger partial charge in [-0.1, -0.05) is 0 Å². The van der Waals surface area contributed by atoms with Gasteiger partial charge in [-0.15, -0.1) is 0 Å². The summed E-state index contributed by atoms with van der Waals surface area (Å²) in [4.78, 5) is 11.6. The Balaban J connectivity index is 3.04. The van der Waals surface area contributed by atoms with Crippen molar-refractivity contribution in [1.82, 2.24) is 5.32 Å². The van der Waals surface area contributed by atoms with Crippen molar-refractivity contribution in [2.75, 3.05) is 13.7 Å². The van der Waals surface area contributed by atoms with Crippen LogP contribution in [0.1, 0.15) is 34.0 Å². The summed E-state index contributed by atoms with van der Waals surface area (Å²) in [7, 11) is 1.91. The first-order valence-corrected chi connectivity index (χ1v) is 5.52. The lowest BCUT2D eigenvalue weighted by Gasteiger charge is -2.11. The minimum Gasteiger partial charge on any atom is -0.462 e. The van der Waals surface area contributed by atoms with Crippen LogP contribution in [0.3, 0.4) is 0 Å². The zero-order valence-electron chi connectivity index (χ0n) is 10.4. The molecule has 0 aromatic heterocycles. The fraction of sp³-hybridized carbons (Fsp3) is 0.462. The standard InChI is InChI=1S/C13H19NO2/c1-5-16-13(15)11-6-9(2)12(8-14-4)10(3)7-11/h6-7,14H,5,8H2,1-4H3. The molecule has 0 heterocycles. The quantitative estimate of drug-likeness (QED) is 0.792. The van der Waals surface area contributed by atoms with Crippen molar-refractivity contribution < 1.29 is 9.53 Å². The highest BCUT2D eigenvalue weighted by atomic mass is 16.5. The number of carbonyl (C=O) groups excluding carboxylic acids is 1. The third-order valence-electron chi connectivity index (χ3n) is 2.56. The van der Waals surface area contributed by atoms with E-state index in [4.69, 9.17) is 4.74 Å². The highest BCUT2D eigenvalue weighted by molar-refractivity contribution is 5.90. The van der Waals surface area contributed by atoms with E-state index >= 15 is 0 Å². The van der Waals surface area contributed by atoms with Gasteiger partial charge in [0.1, 0.15) is 0 Å². The van der Waals surface area contributed by atoms with Gasteiger partial charge in [0.25, 0.3) is 0 Å². The lowest BCUT2D eigenvalue weighted by molar-refractivity contribution is 0.0526. The van der Waals surface area contributed by atoms with E-state index in [0.29, 0.717) is 12.2 Å². The van der Waals surface area contributed by atoms with Crippen LogP contribution in [0, 0.1) is 13.8 Å². The van der Waals surface area contributed by atoms with Gasteiger partial charge in [0.15, 0.2) is 0 Å². The molecule has 0 saturated carbocycles. The van der Waals surface area contributed by atoms with Crippen LogP contribution in [0.25, 0.3) is 0 Å². The zero-order valence-corrected chi connectivity index (χ0v) is 10.4. The lowest BCUT2D eigenvalue weighted by Crippen LogP contribution is -2.11. The number of rotatable bonds is 4. The van der Waals surface area contributed by atoms with E-state index in [2.05, 4.69) is 5.32 Å². The van der Waals surface area contributed by atoms with Gasteiger partial charge in [0, 0.05) is 6.54 Å². The minimum absolute atomic E-state index is 0.246. The average Bonchev–Trinajstić information content (AvgIpc) is 2.23. The first-order chi connectivity index (χ1) is 7.60. The van der Waals surface area contributed by atoms with Gasteiger partial charge in [0.2, 0.25) is 0 Å². The van der Waals surface area contributed by atoms with Crippen molar-refractivity contribution in [3.8, 4) is 0 Å². The molecule has 1 rings (SSSR count). The van der Waals surface area contributed by atoms with Crippen LogP contribution in [0.5, 0.6) is 0 Å². The van der Waals surface area contributed by atoms with Crippen LogP contribution < -0.4 is 5.32 Å². The van der Waals surface area contributed by atoms with Gasteiger partial charge < -0.3 is 10.1 Å². The molecule has 0 aliphatic carbocycles. The molecule has 0 amide bonds. The number of esters is 1. The van der Waals surface area contributed by atoms with Gasteiger partial charge >= 0.3 is 5.97 Å².